The fraction of sp³-hybridized carbons (Fsp3) is 0.600. The fourth-order valence-electron chi connectivity index (χ4n) is 2.88. The normalized spacial score (nSPS) is 14.0. The smallest absolute Gasteiger partial charge is 0.123 e. The highest BCUT2D eigenvalue weighted by atomic mass is 19.1. The van der Waals surface area contributed by atoms with Gasteiger partial charge in [0.2, 0.25) is 0 Å². The van der Waals surface area contributed by atoms with Gasteiger partial charge in [0, 0.05) is 11.6 Å². The summed E-state index contributed by atoms with van der Waals surface area (Å²) >= 11 is 0. The van der Waals surface area contributed by atoms with Crippen molar-refractivity contribution in [3.63, 3.8) is 0 Å². The number of nitrogens with two attached hydrogens (primary N) is 1. The molecule has 102 valence electrons. The van der Waals surface area contributed by atoms with Crippen molar-refractivity contribution < 1.29 is 4.39 Å². The van der Waals surface area contributed by atoms with E-state index in [1.54, 1.807) is 6.07 Å². The third-order valence-corrected chi connectivity index (χ3v) is 4.26. The summed E-state index contributed by atoms with van der Waals surface area (Å²) in [6.07, 6.45) is 1.93. The van der Waals surface area contributed by atoms with Crippen LogP contribution in [0, 0.1) is 12.7 Å². The minimum absolute atomic E-state index is 0.0808. The van der Waals surface area contributed by atoms with Crippen molar-refractivity contribution in [1.82, 2.24) is 4.90 Å². The standard InChI is InChI=1S/C15H25FN2/c1-6-15(7-2,18(4)5)14(17)13-9-8-12(16)10-11(13)3/h8-10,14H,6-7,17H2,1-5H3. The molecule has 0 saturated carbocycles. The molecule has 0 aliphatic heterocycles. The van der Waals surface area contributed by atoms with Gasteiger partial charge in [-0.25, -0.2) is 4.39 Å². The minimum Gasteiger partial charge on any atom is -0.322 e. The predicted octanol–water partition coefficient (Wildman–Crippen LogP) is 3.25. The minimum atomic E-state index is -0.202. The molecule has 1 rings (SSSR count). The highest BCUT2D eigenvalue weighted by molar-refractivity contribution is 5.32. The summed E-state index contributed by atoms with van der Waals surface area (Å²) in [7, 11) is 4.12. The SMILES string of the molecule is CCC(CC)(C(N)c1ccc(F)cc1C)N(C)C. The molecule has 0 bridgehead atoms. The molecule has 0 aliphatic rings. The van der Waals surface area contributed by atoms with Crippen molar-refractivity contribution in [3.8, 4) is 0 Å². The van der Waals surface area contributed by atoms with E-state index in [0.717, 1.165) is 24.0 Å². The number of benzene rings is 1. The molecular formula is C15H25FN2. The van der Waals surface area contributed by atoms with Gasteiger partial charge in [-0.1, -0.05) is 19.9 Å². The van der Waals surface area contributed by atoms with Crippen molar-refractivity contribution >= 4 is 0 Å². The second-order valence-electron chi connectivity index (χ2n) is 5.18. The lowest BCUT2D eigenvalue weighted by atomic mass is 9.79. The first-order valence-electron chi connectivity index (χ1n) is 6.58. The zero-order valence-corrected chi connectivity index (χ0v) is 12.1. The molecule has 0 radical (unpaired) electrons. The Morgan fingerprint density at radius 1 is 1.28 bits per heavy atom. The van der Waals surface area contributed by atoms with E-state index in [2.05, 4.69) is 32.8 Å². The summed E-state index contributed by atoms with van der Waals surface area (Å²) in [5.74, 6) is -0.202. The molecule has 0 saturated heterocycles. The molecule has 0 aliphatic carbocycles. The molecule has 1 unspecified atom stereocenters. The quantitative estimate of drug-likeness (QED) is 0.871. The van der Waals surface area contributed by atoms with E-state index in [1.165, 1.54) is 6.07 Å². The number of rotatable bonds is 5. The molecule has 3 heteroatoms. The van der Waals surface area contributed by atoms with Crippen LogP contribution < -0.4 is 5.73 Å². The lowest BCUT2D eigenvalue weighted by molar-refractivity contribution is 0.105. The monoisotopic (exact) mass is 252 g/mol. The third kappa shape index (κ3) is 2.57. The Hall–Kier alpha value is -0.930. The maximum atomic E-state index is 13.2. The van der Waals surface area contributed by atoms with Crippen LogP contribution in [0.2, 0.25) is 0 Å². The van der Waals surface area contributed by atoms with Gasteiger partial charge in [-0.3, -0.25) is 0 Å². The van der Waals surface area contributed by atoms with Crippen LogP contribution >= 0.6 is 0 Å². The average Bonchev–Trinajstić information content (AvgIpc) is 2.30. The van der Waals surface area contributed by atoms with Crippen LogP contribution in [0.3, 0.4) is 0 Å². The molecular weight excluding hydrogens is 227 g/mol. The Kier molecular flexibility index (Phi) is 4.88. The molecule has 1 aromatic carbocycles. The second-order valence-corrected chi connectivity index (χ2v) is 5.18. The van der Waals surface area contributed by atoms with E-state index in [4.69, 9.17) is 5.73 Å². The lowest BCUT2D eigenvalue weighted by Crippen LogP contribution is -2.51. The van der Waals surface area contributed by atoms with Crippen LogP contribution in [0.1, 0.15) is 43.9 Å². The topological polar surface area (TPSA) is 29.3 Å². The number of hydrogen-bond acceptors (Lipinski definition) is 2. The Bertz CT molecular complexity index is 397. The van der Waals surface area contributed by atoms with E-state index < -0.39 is 0 Å². The molecule has 0 fully saturated rings. The van der Waals surface area contributed by atoms with Gasteiger partial charge in [0.25, 0.3) is 0 Å². The van der Waals surface area contributed by atoms with Gasteiger partial charge in [-0.2, -0.15) is 0 Å². The van der Waals surface area contributed by atoms with Crippen molar-refractivity contribution in [3.05, 3.63) is 35.1 Å². The molecule has 2 nitrogen and oxygen atoms in total. The van der Waals surface area contributed by atoms with E-state index >= 15 is 0 Å². The Balaban J connectivity index is 3.21. The summed E-state index contributed by atoms with van der Waals surface area (Å²) < 4.78 is 13.2. The zero-order chi connectivity index (χ0) is 13.9. The van der Waals surface area contributed by atoms with Crippen molar-refractivity contribution in [2.24, 2.45) is 5.73 Å². The molecule has 0 amide bonds. The number of aryl methyl sites for hydroxylation is 1. The predicted molar refractivity (Wildman–Crippen MR) is 75.1 cm³/mol. The molecule has 2 N–H and O–H groups in total. The Morgan fingerprint density at radius 2 is 1.83 bits per heavy atom. The van der Waals surface area contributed by atoms with Crippen molar-refractivity contribution in [1.29, 1.82) is 0 Å². The van der Waals surface area contributed by atoms with Gasteiger partial charge in [0.15, 0.2) is 0 Å². The summed E-state index contributed by atoms with van der Waals surface area (Å²) in [4.78, 5) is 2.19. The Labute approximate surface area is 110 Å². The molecule has 0 aromatic heterocycles. The first-order chi connectivity index (χ1) is 8.39. The van der Waals surface area contributed by atoms with Gasteiger partial charge >= 0.3 is 0 Å². The number of likely N-dealkylation sites (N-methyl/N-ethyl adjacent to an activating group) is 1. The molecule has 0 spiro atoms. The third-order valence-electron chi connectivity index (χ3n) is 4.26. The number of halogens is 1. The van der Waals surface area contributed by atoms with E-state index in [9.17, 15) is 4.39 Å². The number of hydrogen-bond donors (Lipinski definition) is 1. The largest absolute Gasteiger partial charge is 0.322 e. The average molecular weight is 252 g/mol. The zero-order valence-electron chi connectivity index (χ0n) is 12.1. The van der Waals surface area contributed by atoms with Crippen LogP contribution in [0.4, 0.5) is 4.39 Å². The highest BCUT2D eigenvalue weighted by Crippen LogP contribution is 2.35. The van der Waals surface area contributed by atoms with Gasteiger partial charge in [0.1, 0.15) is 5.82 Å². The number of nitrogens with zero attached hydrogens (tertiary/aromatic N) is 1. The molecule has 1 aromatic rings. The van der Waals surface area contributed by atoms with E-state index in [1.807, 2.05) is 13.0 Å². The van der Waals surface area contributed by atoms with E-state index in [0.29, 0.717) is 0 Å². The van der Waals surface area contributed by atoms with Crippen molar-refractivity contribution in [2.45, 2.75) is 45.2 Å². The summed E-state index contributed by atoms with van der Waals surface area (Å²) in [6, 6.07) is 4.76. The maximum Gasteiger partial charge on any atom is 0.123 e. The van der Waals surface area contributed by atoms with Gasteiger partial charge in [0.05, 0.1) is 0 Å². The fourth-order valence-corrected chi connectivity index (χ4v) is 2.88. The second kappa shape index (κ2) is 5.81. The Morgan fingerprint density at radius 3 is 2.22 bits per heavy atom. The molecule has 0 heterocycles. The maximum absolute atomic E-state index is 13.2. The van der Waals surface area contributed by atoms with Gasteiger partial charge in [-0.05, 0) is 57.1 Å². The first kappa shape index (κ1) is 15.1. The van der Waals surface area contributed by atoms with Crippen LogP contribution in [-0.4, -0.2) is 24.5 Å². The van der Waals surface area contributed by atoms with Crippen LogP contribution in [0.5, 0.6) is 0 Å². The van der Waals surface area contributed by atoms with Crippen LogP contribution in [0.25, 0.3) is 0 Å². The first-order valence-corrected chi connectivity index (χ1v) is 6.58. The van der Waals surface area contributed by atoms with E-state index in [-0.39, 0.29) is 17.4 Å². The summed E-state index contributed by atoms with van der Waals surface area (Å²) in [5, 5.41) is 0. The molecule has 18 heavy (non-hydrogen) atoms. The van der Waals surface area contributed by atoms with Crippen LogP contribution in [0.15, 0.2) is 18.2 Å². The lowest BCUT2D eigenvalue weighted by Gasteiger charge is -2.44. The highest BCUT2D eigenvalue weighted by Gasteiger charge is 2.36. The van der Waals surface area contributed by atoms with Crippen LogP contribution in [-0.2, 0) is 0 Å². The van der Waals surface area contributed by atoms with Crippen molar-refractivity contribution in [2.75, 3.05) is 14.1 Å². The summed E-state index contributed by atoms with van der Waals surface area (Å²) in [6.45, 7) is 6.23. The molecule has 1 atom stereocenters. The van der Waals surface area contributed by atoms with Gasteiger partial charge < -0.3 is 10.6 Å². The van der Waals surface area contributed by atoms with Gasteiger partial charge in [-0.15, -0.1) is 0 Å². The summed E-state index contributed by atoms with van der Waals surface area (Å²) in [5.41, 5.74) is 8.36.